The van der Waals surface area contributed by atoms with E-state index in [1.54, 1.807) is 0 Å². The Balaban J connectivity index is 0.997. The quantitative estimate of drug-likeness (QED) is 0.144. The first-order chi connectivity index (χ1) is 30.7. The standard InChI is InChI=1S/C58H38N4/c1-5-14-39(15-6-1)41-24-28-45(29-25-41)56-60-57(46-30-26-42(27-31-46)40-16-7-2-8-17-40)62-58(61-56)50-23-13-22-47(37-50)48-32-34-51-49(36-48)33-35-53-55(51)52(43-18-9-3-10-19-43)38-54(59-53)44-20-11-4-12-21-44/h1-38H. The van der Waals surface area contributed by atoms with Crippen LogP contribution in [-0.4, -0.2) is 19.9 Å². The number of hydrogen-bond acceptors (Lipinski definition) is 4. The maximum Gasteiger partial charge on any atom is 0.164 e. The minimum absolute atomic E-state index is 0.616. The van der Waals surface area contributed by atoms with Crippen molar-refractivity contribution in [2.24, 2.45) is 0 Å². The van der Waals surface area contributed by atoms with Gasteiger partial charge in [0.15, 0.2) is 17.5 Å². The number of aromatic nitrogens is 4. The van der Waals surface area contributed by atoms with Crippen LogP contribution in [0, 0.1) is 0 Å². The van der Waals surface area contributed by atoms with Gasteiger partial charge in [-0.2, -0.15) is 0 Å². The Hall–Kier alpha value is -8.34. The second kappa shape index (κ2) is 16.0. The lowest BCUT2D eigenvalue weighted by Crippen LogP contribution is -2.00. The molecule has 62 heavy (non-hydrogen) atoms. The van der Waals surface area contributed by atoms with Gasteiger partial charge in [-0.25, -0.2) is 19.9 Å². The maximum absolute atomic E-state index is 5.18. The summed E-state index contributed by atoms with van der Waals surface area (Å²) in [4.78, 5) is 20.5. The summed E-state index contributed by atoms with van der Waals surface area (Å²) in [7, 11) is 0. The normalized spacial score (nSPS) is 11.2. The van der Waals surface area contributed by atoms with E-state index in [4.69, 9.17) is 19.9 Å². The summed E-state index contributed by atoms with van der Waals surface area (Å²) in [5.74, 6) is 1.86. The van der Waals surface area contributed by atoms with E-state index in [0.29, 0.717) is 17.5 Å². The summed E-state index contributed by atoms with van der Waals surface area (Å²) < 4.78 is 0. The number of rotatable bonds is 8. The van der Waals surface area contributed by atoms with E-state index in [2.05, 4.69) is 212 Å². The molecule has 0 saturated heterocycles. The molecule has 0 saturated carbocycles. The third-order valence-electron chi connectivity index (χ3n) is 11.5. The second-order valence-electron chi connectivity index (χ2n) is 15.5. The zero-order valence-corrected chi connectivity index (χ0v) is 33.7. The van der Waals surface area contributed by atoms with Crippen LogP contribution in [0.5, 0.6) is 0 Å². The molecular weight excluding hydrogens is 753 g/mol. The van der Waals surface area contributed by atoms with Gasteiger partial charge in [0.1, 0.15) is 0 Å². The first-order valence-corrected chi connectivity index (χ1v) is 20.9. The Morgan fingerprint density at radius 1 is 0.242 bits per heavy atom. The highest BCUT2D eigenvalue weighted by Gasteiger charge is 2.16. The summed E-state index contributed by atoms with van der Waals surface area (Å²) >= 11 is 0. The molecule has 0 amide bonds. The van der Waals surface area contributed by atoms with Gasteiger partial charge in [-0.3, -0.25) is 0 Å². The highest BCUT2D eigenvalue weighted by molar-refractivity contribution is 6.14. The summed E-state index contributed by atoms with van der Waals surface area (Å²) in [6.07, 6.45) is 0. The number of benzene rings is 9. The Kier molecular flexibility index (Phi) is 9.49. The van der Waals surface area contributed by atoms with Gasteiger partial charge in [0.25, 0.3) is 0 Å². The molecule has 0 unspecified atom stereocenters. The fourth-order valence-electron chi connectivity index (χ4n) is 8.33. The molecule has 11 aromatic rings. The van der Waals surface area contributed by atoms with Gasteiger partial charge in [-0.05, 0) is 79.5 Å². The smallest absolute Gasteiger partial charge is 0.164 e. The molecule has 11 rings (SSSR count). The molecule has 0 bridgehead atoms. The van der Waals surface area contributed by atoms with E-state index in [1.165, 1.54) is 16.7 Å². The molecule has 0 fully saturated rings. The van der Waals surface area contributed by atoms with E-state index in [9.17, 15) is 0 Å². The van der Waals surface area contributed by atoms with Crippen molar-refractivity contribution in [2.75, 3.05) is 0 Å². The number of hydrogen-bond donors (Lipinski definition) is 0. The zero-order chi connectivity index (χ0) is 41.2. The molecule has 0 spiro atoms. The minimum atomic E-state index is 0.616. The second-order valence-corrected chi connectivity index (χ2v) is 15.5. The molecule has 0 N–H and O–H groups in total. The minimum Gasteiger partial charge on any atom is -0.248 e. The Bertz CT molecular complexity index is 3250. The van der Waals surface area contributed by atoms with Crippen LogP contribution in [-0.2, 0) is 0 Å². The first kappa shape index (κ1) is 36.7. The summed E-state index contributed by atoms with van der Waals surface area (Å²) in [5.41, 5.74) is 14.9. The Morgan fingerprint density at radius 3 is 1.23 bits per heavy atom. The van der Waals surface area contributed by atoms with E-state index in [0.717, 1.165) is 77.4 Å². The van der Waals surface area contributed by atoms with Crippen LogP contribution in [0.1, 0.15) is 0 Å². The molecule has 290 valence electrons. The average Bonchev–Trinajstić information content (AvgIpc) is 3.37. The van der Waals surface area contributed by atoms with Crippen LogP contribution in [0.2, 0.25) is 0 Å². The van der Waals surface area contributed by atoms with E-state index in [1.807, 2.05) is 18.2 Å². The molecule has 0 aliphatic heterocycles. The van der Waals surface area contributed by atoms with Crippen molar-refractivity contribution >= 4 is 21.7 Å². The molecule has 0 aliphatic rings. The van der Waals surface area contributed by atoms with Crippen molar-refractivity contribution in [3.8, 4) is 89.9 Å². The van der Waals surface area contributed by atoms with Crippen LogP contribution < -0.4 is 0 Å². The van der Waals surface area contributed by atoms with Gasteiger partial charge < -0.3 is 0 Å². The molecule has 4 heteroatoms. The van der Waals surface area contributed by atoms with Crippen LogP contribution in [0.25, 0.3) is 112 Å². The number of fused-ring (bicyclic) bond motifs is 3. The van der Waals surface area contributed by atoms with Crippen LogP contribution >= 0.6 is 0 Å². The average molecular weight is 791 g/mol. The fraction of sp³-hybridized carbons (Fsp3) is 0. The lowest BCUT2D eigenvalue weighted by molar-refractivity contribution is 1.07. The van der Waals surface area contributed by atoms with Gasteiger partial charge in [-0.15, -0.1) is 0 Å². The largest absolute Gasteiger partial charge is 0.248 e. The van der Waals surface area contributed by atoms with Gasteiger partial charge in [0.2, 0.25) is 0 Å². The van der Waals surface area contributed by atoms with Crippen molar-refractivity contribution in [1.29, 1.82) is 0 Å². The van der Waals surface area contributed by atoms with Crippen molar-refractivity contribution in [2.45, 2.75) is 0 Å². The maximum atomic E-state index is 5.18. The number of pyridine rings is 1. The molecule has 2 aromatic heterocycles. The third kappa shape index (κ3) is 7.20. The molecule has 0 atom stereocenters. The highest BCUT2D eigenvalue weighted by atomic mass is 15.0. The Labute approximate surface area is 360 Å². The predicted molar refractivity (Wildman–Crippen MR) is 256 cm³/mol. The van der Waals surface area contributed by atoms with Crippen LogP contribution in [0.15, 0.2) is 231 Å². The third-order valence-corrected chi connectivity index (χ3v) is 11.5. The van der Waals surface area contributed by atoms with Crippen molar-refractivity contribution in [3.05, 3.63) is 231 Å². The summed E-state index contributed by atoms with van der Waals surface area (Å²) in [5, 5.41) is 3.46. The number of nitrogens with zero attached hydrogens (tertiary/aromatic N) is 4. The summed E-state index contributed by atoms with van der Waals surface area (Å²) in [6.45, 7) is 0. The van der Waals surface area contributed by atoms with Crippen LogP contribution in [0.3, 0.4) is 0 Å². The topological polar surface area (TPSA) is 51.6 Å². The van der Waals surface area contributed by atoms with Gasteiger partial charge >= 0.3 is 0 Å². The fourth-order valence-corrected chi connectivity index (χ4v) is 8.33. The molecule has 2 heterocycles. The van der Waals surface area contributed by atoms with Crippen molar-refractivity contribution in [3.63, 3.8) is 0 Å². The summed E-state index contributed by atoms with van der Waals surface area (Å²) in [6, 6.07) is 80.6. The molecule has 0 radical (unpaired) electrons. The lowest BCUT2D eigenvalue weighted by atomic mass is 9.93. The monoisotopic (exact) mass is 790 g/mol. The predicted octanol–water partition coefficient (Wildman–Crippen LogP) is 14.9. The highest BCUT2D eigenvalue weighted by Crippen LogP contribution is 2.38. The SMILES string of the molecule is c1ccc(-c2ccc(-c3nc(-c4ccc(-c5ccccc5)cc4)nc(-c4cccc(-c5ccc6c(ccc7nc(-c8ccccc8)cc(-c8ccccc8)c76)c5)c4)n3)cc2)cc1. The van der Waals surface area contributed by atoms with Gasteiger partial charge in [0, 0.05) is 27.6 Å². The molecule has 4 nitrogen and oxygen atoms in total. The lowest BCUT2D eigenvalue weighted by Gasteiger charge is -2.14. The molecular formula is C58H38N4. The van der Waals surface area contributed by atoms with Gasteiger partial charge in [-0.1, -0.05) is 206 Å². The Morgan fingerprint density at radius 2 is 0.661 bits per heavy atom. The van der Waals surface area contributed by atoms with Gasteiger partial charge in [0.05, 0.1) is 11.2 Å². The van der Waals surface area contributed by atoms with Crippen molar-refractivity contribution < 1.29 is 0 Å². The zero-order valence-electron chi connectivity index (χ0n) is 33.7. The van der Waals surface area contributed by atoms with E-state index in [-0.39, 0.29) is 0 Å². The first-order valence-electron chi connectivity index (χ1n) is 20.9. The van der Waals surface area contributed by atoms with Crippen LogP contribution in [0.4, 0.5) is 0 Å². The molecule has 9 aromatic carbocycles. The van der Waals surface area contributed by atoms with Crippen molar-refractivity contribution in [1.82, 2.24) is 19.9 Å². The van der Waals surface area contributed by atoms with E-state index < -0.39 is 0 Å². The van der Waals surface area contributed by atoms with E-state index >= 15 is 0 Å². The molecule has 0 aliphatic carbocycles.